The topological polar surface area (TPSA) is 12.5 Å². The van der Waals surface area contributed by atoms with E-state index in [1.54, 1.807) is 0 Å². The van der Waals surface area contributed by atoms with E-state index in [0.717, 1.165) is 12.9 Å². The maximum absolute atomic E-state index is 6.76. The van der Waals surface area contributed by atoms with Crippen LogP contribution in [0.25, 0.3) is 0 Å². The van der Waals surface area contributed by atoms with E-state index in [1.165, 1.54) is 24.0 Å². The molecule has 2 heterocycles. The molecule has 1 unspecified atom stereocenters. The molecule has 2 fully saturated rings. The zero-order chi connectivity index (χ0) is 15.0. The average Bonchev–Trinajstić information content (AvgIpc) is 3.18. The summed E-state index contributed by atoms with van der Waals surface area (Å²) < 4.78 is 6.76. The van der Waals surface area contributed by atoms with Gasteiger partial charge in [0.2, 0.25) is 0 Å². The lowest BCUT2D eigenvalue weighted by Gasteiger charge is -2.36. The Kier molecular flexibility index (Phi) is 3.55. The fourth-order valence-corrected chi connectivity index (χ4v) is 4.31. The van der Waals surface area contributed by atoms with Crippen molar-refractivity contribution in [1.82, 2.24) is 4.81 Å². The third-order valence-corrected chi connectivity index (χ3v) is 5.21. The van der Waals surface area contributed by atoms with Crippen molar-refractivity contribution in [3.05, 3.63) is 71.8 Å². The van der Waals surface area contributed by atoms with Crippen LogP contribution in [0.15, 0.2) is 60.7 Å². The lowest BCUT2D eigenvalue weighted by Crippen LogP contribution is -2.41. The summed E-state index contributed by atoms with van der Waals surface area (Å²) in [4.78, 5) is 2.58. The Hall–Kier alpha value is -1.58. The highest BCUT2D eigenvalue weighted by Crippen LogP contribution is 2.49. The molecule has 0 aromatic heterocycles. The molecule has 0 amide bonds. The van der Waals surface area contributed by atoms with Crippen molar-refractivity contribution < 1.29 is 4.65 Å². The molecule has 0 spiro atoms. The molecule has 2 nitrogen and oxygen atoms in total. The van der Waals surface area contributed by atoms with E-state index in [-0.39, 0.29) is 12.7 Å². The van der Waals surface area contributed by atoms with Crippen LogP contribution in [0.4, 0.5) is 0 Å². The van der Waals surface area contributed by atoms with Crippen molar-refractivity contribution in [2.45, 2.75) is 37.7 Å². The highest BCUT2D eigenvalue weighted by Gasteiger charge is 2.57. The Labute approximate surface area is 133 Å². The van der Waals surface area contributed by atoms with Crippen LogP contribution in [0.3, 0.4) is 0 Å². The van der Waals surface area contributed by atoms with Crippen molar-refractivity contribution in [2.75, 3.05) is 6.54 Å². The number of fused-ring (bicyclic) bond motifs is 1. The maximum atomic E-state index is 6.76. The normalized spacial score (nSPS) is 23.7. The van der Waals surface area contributed by atoms with E-state index in [2.05, 4.69) is 72.4 Å². The summed E-state index contributed by atoms with van der Waals surface area (Å²) in [5.74, 6) is 0. The van der Waals surface area contributed by atoms with Gasteiger partial charge in [-0.2, -0.15) is 0 Å². The number of benzene rings is 2. The van der Waals surface area contributed by atoms with Gasteiger partial charge < -0.3 is 9.47 Å². The highest BCUT2D eigenvalue weighted by molar-refractivity contribution is 6.49. The molecule has 0 aliphatic carbocycles. The third kappa shape index (κ3) is 1.96. The van der Waals surface area contributed by atoms with Crippen LogP contribution >= 0.6 is 0 Å². The SMILES string of the molecule is CCB1OC(c2ccccc2)(c2ccccc2)C2CCCN12. The van der Waals surface area contributed by atoms with Gasteiger partial charge in [0.05, 0.1) is 0 Å². The number of rotatable bonds is 3. The Morgan fingerprint density at radius 1 is 1.05 bits per heavy atom. The van der Waals surface area contributed by atoms with E-state index in [4.69, 9.17) is 4.65 Å². The van der Waals surface area contributed by atoms with Gasteiger partial charge in [-0.25, -0.2) is 0 Å². The van der Waals surface area contributed by atoms with E-state index >= 15 is 0 Å². The van der Waals surface area contributed by atoms with Crippen molar-refractivity contribution in [3.63, 3.8) is 0 Å². The van der Waals surface area contributed by atoms with Crippen molar-refractivity contribution in [3.8, 4) is 0 Å². The first-order chi connectivity index (χ1) is 10.9. The summed E-state index contributed by atoms with van der Waals surface area (Å²) >= 11 is 0. The summed E-state index contributed by atoms with van der Waals surface area (Å²) in [6, 6.07) is 22.0. The summed E-state index contributed by atoms with van der Waals surface area (Å²) in [7, 11) is 0.230. The minimum Gasteiger partial charge on any atom is -0.406 e. The molecule has 2 aliphatic heterocycles. The van der Waals surface area contributed by atoms with Crippen LogP contribution in [-0.2, 0) is 10.3 Å². The van der Waals surface area contributed by atoms with Gasteiger partial charge in [0, 0.05) is 6.04 Å². The first-order valence-corrected chi connectivity index (χ1v) is 8.41. The molecule has 0 saturated carbocycles. The van der Waals surface area contributed by atoms with Crippen molar-refractivity contribution >= 4 is 7.05 Å². The summed E-state index contributed by atoms with van der Waals surface area (Å²) in [5, 5.41) is 0. The molecule has 2 aromatic carbocycles. The number of nitrogens with zero attached hydrogens (tertiary/aromatic N) is 1. The number of hydrogen-bond acceptors (Lipinski definition) is 2. The van der Waals surface area contributed by atoms with Gasteiger partial charge in [0.25, 0.3) is 0 Å². The second-order valence-corrected chi connectivity index (χ2v) is 6.34. The Balaban J connectivity index is 1.90. The second-order valence-electron chi connectivity index (χ2n) is 6.34. The zero-order valence-corrected chi connectivity index (χ0v) is 13.1. The van der Waals surface area contributed by atoms with Crippen LogP contribution in [0.5, 0.6) is 0 Å². The van der Waals surface area contributed by atoms with E-state index in [9.17, 15) is 0 Å². The zero-order valence-electron chi connectivity index (χ0n) is 13.1. The summed E-state index contributed by atoms with van der Waals surface area (Å²) in [6.07, 6.45) is 3.52. The smallest absolute Gasteiger partial charge is 0.383 e. The fourth-order valence-electron chi connectivity index (χ4n) is 4.31. The molecule has 0 N–H and O–H groups in total. The molecule has 2 aromatic rings. The van der Waals surface area contributed by atoms with Gasteiger partial charge in [0.1, 0.15) is 5.60 Å². The van der Waals surface area contributed by atoms with Gasteiger partial charge in [-0.05, 0) is 36.8 Å². The lowest BCUT2D eigenvalue weighted by molar-refractivity contribution is 0.105. The molecular weight excluding hydrogens is 269 g/mol. The highest BCUT2D eigenvalue weighted by atomic mass is 16.5. The number of hydrogen-bond donors (Lipinski definition) is 0. The van der Waals surface area contributed by atoms with Crippen LogP contribution in [-0.4, -0.2) is 24.4 Å². The van der Waals surface area contributed by atoms with Crippen LogP contribution in [0, 0.1) is 0 Å². The van der Waals surface area contributed by atoms with Gasteiger partial charge >= 0.3 is 7.05 Å². The first kappa shape index (κ1) is 14.0. The van der Waals surface area contributed by atoms with Gasteiger partial charge in [-0.15, -0.1) is 0 Å². The quantitative estimate of drug-likeness (QED) is 0.794. The average molecular weight is 291 g/mol. The predicted molar refractivity (Wildman–Crippen MR) is 90.7 cm³/mol. The monoisotopic (exact) mass is 291 g/mol. The molecule has 2 aliphatic rings. The minimum atomic E-state index is -0.320. The largest absolute Gasteiger partial charge is 0.406 e. The lowest BCUT2D eigenvalue weighted by atomic mass is 9.78. The molecule has 1 atom stereocenters. The molecule has 3 heteroatoms. The molecule has 4 rings (SSSR count). The molecule has 2 saturated heterocycles. The fraction of sp³-hybridized carbons (Fsp3) is 0.368. The Bertz CT molecular complexity index is 591. The van der Waals surface area contributed by atoms with E-state index in [0.29, 0.717) is 6.04 Å². The van der Waals surface area contributed by atoms with Gasteiger partial charge in [-0.1, -0.05) is 67.6 Å². The maximum Gasteiger partial charge on any atom is 0.383 e. The van der Waals surface area contributed by atoms with Crippen LogP contribution < -0.4 is 0 Å². The Morgan fingerprint density at radius 3 is 2.18 bits per heavy atom. The second kappa shape index (κ2) is 5.56. The molecule has 0 bridgehead atoms. The van der Waals surface area contributed by atoms with E-state index < -0.39 is 0 Å². The molecule has 112 valence electrons. The summed E-state index contributed by atoms with van der Waals surface area (Å²) in [5.41, 5.74) is 2.25. The van der Waals surface area contributed by atoms with Crippen LogP contribution in [0.2, 0.25) is 6.32 Å². The van der Waals surface area contributed by atoms with Gasteiger partial charge in [-0.3, -0.25) is 0 Å². The van der Waals surface area contributed by atoms with Crippen LogP contribution in [0.1, 0.15) is 30.9 Å². The van der Waals surface area contributed by atoms with Crippen molar-refractivity contribution in [1.29, 1.82) is 0 Å². The molecular formula is C19H22BNO. The van der Waals surface area contributed by atoms with Crippen molar-refractivity contribution in [2.24, 2.45) is 0 Å². The third-order valence-electron chi connectivity index (χ3n) is 5.21. The standard InChI is InChI=1S/C19H22BNO/c1-2-20-21-15-9-14-18(21)19(22-20,16-10-5-3-6-11-16)17-12-7-4-8-13-17/h3-8,10-13,18H,2,9,14-15H2,1H3. The predicted octanol–water partition coefficient (Wildman–Crippen LogP) is 3.93. The van der Waals surface area contributed by atoms with E-state index in [1.807, 2.05) is 0 Å². The Morgan fingerprint density at radius 2 is 1.64 bits per heavy atom. The summed E-state index contributed by atoms with van der Waals surface area (Å²) in [6.45, 7) is 3.39. The van der Waals surface area contributed by atoms with Gasteiger partial charge in [0.15, 0.2) is 0 Å². The molecule has 22 heavy (non-hydrogen) atoms. The minimum absolute atomic E-state index is 0.230. The molecule has 0 radical (unpaired) electrons. The first-order valence-electron chi connectivity index (χ1n) is 8.41.